The van der Waals surface area contributed by atoms with Crippen LogP contribution in [0.3, 0.4) is 0 Å². The molecule has 8 heterocycles. The summed E-state index contributed by atoms with van der Waals surface area (Å²) < 4.78 is 92.4. The van der Waals surface area contributed by atoms with Gasteiger partial charge in [-0.1, -0.05) is 137 Å². The Morgan fingerprint density at radius 3 is 1.16 bits per heavy atom. The lowest BCUT2D eigenvalue weighted by Gasteiger charge is -2.47. The number of fused-ring (bicyclic) bond motifs is 6. The van der Waals surface area contributed by atoms with Gasteiger partial charge >= 0.3 is 11.9 Å². The van der Waals surface area contributed by atoms with Gasteiger partial charge in [0.25, 0.3) is 11.1 Å². The van der Waals surface area contributed by atoms with Crippen molar-refractivity contribution >= 4 is 74.5 Å². The van der Waals surface area contributed by atoms with Gasteiger partial charge in [-0.25, -0.2) is 9.97 Å². The van der Waals surface area contributed by atoms with Gasteiger partial charge < -0.3 is 66.5 Å². The maximum Gasteiger partial charge on any atom is 0.314 e. The number of hydrogen-bond acceptors (Lipinski definition) is 29. The number of methoxy groups -OCH3 is 4. The van der Waals surface area contributed by atoms with Crippen LogP contribution in [0.4, 0.5) is 11.9 Å². The van der Waals surface area contributed by atoms with Crippen molar-refractivity contribution in [1.29, 1.82) is 10.5 Å². The molecule has 756 valence electrons. The van der Waals surface area contributed by atoms with E-state index in [2.05, 4.69) is 122 Å². The first-order valence-electron chi connectivity index (χ1n) is 47.5. The molecule has 4 aliphatic heterocycles. The summed E-state index contributed by atoms with van der Waals surface area (Å²) in [6.07, 6.45) is -2.21. The smallest absolute Gasteiger partial charge is 0.314 e. The third kappa shape index (κ3) is 24.0. The van der Waals surface area contributed by atoms with Crippen LogP contribution in [-0.2, 0) is 72.8 Å². The minimum absolute atomic E-state index is 0.00819. The van der Waals surface area contributed by atoms with E-state index in [1.807, 2.05) is 185 Å². The van der Waals surface area contributed by atoms with Gasteiger partial charge in [0, 0.05) is 48.1 Å². The zero-order valence-electron chi connectivity index (χ0n) is 84.9. The summed E-state index contributed by atoms with van der Waals surface area (Å²) in [4.78, 5) is 101. The zero-order chi connectivity index (χ0) is 103. The predicted molar refractivity (Wildman–Crippen MR) is 537 cm³/mol. The first-order chi connectivity index (χ1) is 67.0. The molecule has 4 saturated heterocycles. The highest BCUT2D eigenvalue weighted by molar-refractivity contribution is 7.53. The predicted octanol–water partition coefficient (Wildman–Crippen LogP) is 16.0. The second kappa shape index (κ2) is 46.3. The number of carbonyl (C=O) groups is 4. The van der Waals surface area contributed by atoms with E-state index in [4.69, 9.17) is 66.6 Å². The van der Waals surface area contributed by atoms with Crippen molar-refractivity contribution in [3.8, 4) is 35.1 Å². The SMILES string of the molecule is CC(C)N(C(C)C)P(CC(=O)OC(C)(C)CC#N)N(C(C)C)C(C)C.COc1ccc(C(OC[C@@]23CO[C@@H]([C@H](n4cnc5c(=O)[nH]c(NC(=O)C(C)C)nc54)O2)[C@@H]3O)(c2ccccc2)c2ccc(OC)cc2)cc1.COc1ccc(C(OC[C@]23COC(C2OP(CC(=O)OC(C)(C)CC#N)N(C(C)C)C(C)C)[C@H](n2cnc4c(=O)[nH]c(NC(=O)C(C)C)nc42)O3)(c2ccccc2)c2ccc(OC)cc2)cc1. The van der Waals surface area contributed by atoms with Gasteiger partial charge in [-0.2, -0.15) is 20.5 Å². The number of hydrogen-bond donors (Lipinski definition) is 5. The molecule has 4 aromatic heterocycles. The van der Waals surface area contributed by atoms with Crippen LogP contribution in [0.15, 0.2) is 180 Å². The molecular weight excluding hydrogens is 1840 g/mol. The average Bonchev–Trinajstić information content (AvgIpc) is 1.58. The van der Waals surface area contributed by atoms with Crippen LogP contribution in [0.25, 0.3) is 22.3 Å². The van der Waals surface area contributed by atoms with Crippen LogP contribution in [0.1, 0.15) is 197 Å². The Kier molecular flexibility index (Phi) is 35.5. The van der Waals surface area contributed by atoms with Crippen LogP contribution in [0.2, 0.25) is 0 Å². The fraction of sp³-hybridized carbons (Fsp3) is 0.500. The first-order valence-corrected chi connectivity index (χ1v) is 50.3. The van der Waals surface area contributed by atoms with Gasteiger partial charge in [0.1, 0.15) is 95.5 Å². The number of aromatic amines is 2. The zero-order valence-corrected chi connectivity index (χ0v) is 86.7. The Morgan fingerprint density at radius 1 is 0.482 bits per heavy atom. The third-order valence-corrected chi connectivity index (χ3v) is 30.8. The Labute approximate surface area is 826 Å². The van der Waals surface area contributed by atoms with E-state index < -0.39 is 104 Å². The third-order valence-electron chi connectivity index (χ3n) is 24.9. The number of H-pyrrole nitrogens is 2. The number of aliphatic hydroxyl groups is 1. The summed E-state index contributed by atoms with van der Waals surface area (Å²) in [5.41, 5.74) is -2.66. The highest BCUT2D eigenvalue weighted by Gasteiger charge is 2.66. The van der Waals surface area contributed by atoms with Crippen molar-refractivity contribution in [3.05, 3.63) is 224 Å². The molecule has 10 aromatic rings. The molecule has 141 heavy (non-hydrogen) atoms. The number of aliphatic hydroxyl groups excluding tert-OH is 1. The van der Waals surface area contributed by atoms with E-state index >= 15 is 0 Å². The number of nitriles is 2. The molecule has 4 aliphatic rings. The Hall–Kier alpha value is -11.5. The van der Waals surface area contributed by atoms with Crippen LogP contribution in [0.5, 0.6) is 23.0 Å². The number of amides is 2. The topological polar surface area (TPSA) is 417 Å². The molecule has 5 N–H and O–H groups in total. The highest BCUT2D eigenvalue weighted by Crippen LogP contribution is 2.58. The van der Waals surface area contributed by atoms with Crippen molar-refractivity contribution in [2.45, 2.75) is 258 Å². The van der Waals surface area contributed by atoms with Gasteiger partial charge in [0.15, 0.2) is 34.8 Å². The molecule has 0 radical (unpaired) electrons. The number of ether oxygens (including phenoxy) is 12. The quantitative estimate of drug-likeness (QED) is 0.0135. The number of carbonyl (C=O) groups excluding carboxylic acids is 4. The number of nitrogens with zero attached hydrogens (tertiary/aromatic N) is 11. The number of benzene rings is 6. The molecule has 35 nitrogen and oxygen atoms in total. The molecular formula is C104H135N15O20P2. The second-order valence-electron chi connectivity index (χ2n) is 38.9. The summed E-state index contributed by atoms with van der Waals surface area (Å²) in [6, 6.07) is 55.8. The van der Waals surface area contributed by atoms with E-state index in [1.165, 1.54) is 12.7 Å². The molecule has 3 unspecified atom stereocenters. The van der Waals surface area contributed by atoms with Crippen LogP contribution >= 0.6 is 16.5 Å². The van der Waals surface area contributed by atoms with E-state index in [1.54, 1.807) is 93.0 Å². The Bertz CT molecular complexity index is 5970. The molecule has 0 aliphatic carbocycles. The maximum atomic E-state index is 13.9. The molecule has 2 amide bonds. The van der Waals surface area contributed by atoms with Gasteiger partial charge in [-0.3, -0.25) is 72.5 Å². The van der Waals surface area contributed by atoms with Crippen molar-refractivity contribution in [1.82, 2.24) is 53.0 Å². The minimum atomic E-state index is -1.79. The minimum Gasteiger partial charge on any atom is -0.497 e. The molecule has 4 fully saturated rings. The van der Waals surface area contributed by atoms with E-state index in [0.717, 1.165) is 33.4 Å². The maximum absolute atomic E-state index is 13.9. The Morgan fingerprint density at radius 2 is 0.809 bits per heavy atom. The van der Waals surface area contributed by atoms with Gasteiger partial charge in [0.2, 0.25) is 23.7 Å². The number of anilines is 2. The lowest BCUT2D eigenvalue weighted by molar-refractivity contribution is -0.202. The summed E-state index contributed by atoms with van der Waals surface area (Å²) in [6.45, 7) is 39.4. The fourth-order valence-electron chi connectivity index (χ4n) is 18.4. The first kappa shape index (κ1) is 108. The molecule has 9 atom stereocenters. The number of nitrogens with one attached hydrogen (secondary N) is 4. The lowest BCUT2D eigenvalue weighted by atomic mass is 9.79. The van der Waals surface area contributed by atoms with Crippen LogP contribution in [0, 0.1) is 34.5 Å². The number of esters is 2. The van der Waals surface area contributed by atoms with Crippen molar-refractivity contribution in [2.24, 2.45) is 11.8 Å². The summed E-state index contributed by atoms with van der Waals surface area (Å²) in [7, 11) is 3.82. The summed E-state index contributed by atoms with van der Waals surface area (Å²) in [5.74, 6) is 0.535. The summed E-state index contributed by atoms with van der Waals surface area (Å²) in [5, 5.41) is 35.4. The number of aromatic nitrogens is 8. The molecule has 4 bridgehead atoms. The Balaban J connectivity index is 0.000000209. The molecule has 6 aromatic carbocycles. The highest BCUT2D eigenvalue weighted by atomic mass is 31.2. The van der Waals surface area contributed by atoms with Crippen molar-refractivity contribution in [3.63, 3.8) is 0 Å². The van der Waals surface area contributed by atoms with Crippen molar-refractivity contribution in [2.75, 3.05) is 77.8 Å². The fourth-order valence-corrected chi connectivity index (χ4v) is 23.6. The van der Waals surface area contributed by atoms with Crippen molar-refractivity contribution < 1.29 is 85.7 Å². The number of rotatable bonds is 41. The van der Waals surface area contributed by atoms with Gasteiger partial charge in [-0.15, -0.1) is 0 Å². The van der Waals surface area contributed by atoms with E-state index in [0.29, 0.717) is 53.3 Å². The van der Waals surface area contributed by atoms with Gasteiger partial charge in [-0.05, 0) is 193 Å². The molecule has 37 heteroatoms. The average molecular weight is 1980 g/mol. The standard InChI is InChI=1S/C49H60N7O10P.C36H37N5O8.C19H38N3O2P/c1-30(2)43(58)53-46-52-42-39(44(59)54-46)51-29-55(42)45-40-41(66-67(56(31(3)4)32(5)6)26-38(57)64-47(7,8)24-25-50)48(65-45,27-62-40)28-63-49(33-14-12-11-13-15-33,34-16-20-36(60-9)21-17-34)35-18-22-37(61-10)23-19-35;1-21(2)31(43)39-34-38-30-27(32(44)40-34)37-20-41(30)33-28-29(42)35(49-33,18-47-28)19-48-36(22-8-6-5-7-9-22,23-10-14-25(45-3)15-11-23)24-12-16-26(46-4)17-13-24;1-14(2)21(15(3)4)25(22(16(5)6)17(7)8)13-18(23)24-19(9,10)11-12-20/h11-23,29-32,40-41,45H,24,26-28H2,1-10H3,(H2,52,53,54,58,59);5-17,20-21,28-29,33,42H,18-19H2,1-4H3,(H2,38,39,40,43,44);14-17H,11,13H2,1-10H3/t40?,41?,45-,48-,67?;28-,29+,33-,35-;/m11./s1. The van der Waals surface area contributed by atoms with E-state index in [-0.39, 0.29) is 121 Å². The van der Waals surface area contributed by atoms with Gasteiger partial charge in [0.05, 0.1) is 107 Å². The van der Waals surface area contributed by atoms with E-state index in [9.17, 15) is 39.1 Å². The summed E-state index contributed by atoms with van der Waals surface area (Å²) >= 11 is 0. The van der Waals surface area contributed by atoms with Crippen LogP contribution in [-0.4, -0.2) is 232 Å². The largest absolute Gasteiger partial charge is 0.497 e. The lowest BCUT2D eigenvalue weighted by Crippen LogP contribution is -2.49. The molecule has 14 rings (SSSR count). The normalized spacial score (nSPS) is 19.3. The number of imidazole rings is 2. The molecule has 0 saturated carbocycles. The molecule has 0 spiro atoms. The van der Waals surface area contributed by atoms with Crippen LogP contribution < -0.4 is 40.7 Å². The monoisotopic (exact) mass is 1980 g/mol. The second-order valence-corrected chi connectivity index (χ2v) is 42.6.